The monoisotopic (exact) mass is 426 g/mol. The summed E-state index contributed by atoms with van der Waals surface area (Å²) in [6.07, 6.45) is 1.74. The van der Waals surface area contributed by atoms with E-state index in [1.54, 1.807) is 23.0 Å². The van der Waals surface area contributed by atoms with Gasteiger partial charge in [-0.2, -0.15) is 9.47 Å². The van der Waals surface area contributed by atoms with Crippen LogP contribution in [0.3, 0.4) is 0 Å². The van der Waals surface area contributed by atoms with Crippen molar-refractivity contribution in [3.63, 3.8) is 0 Å². The Morgan fingerprint density at radius 2 is 1.90 bits per heavy atom. The van der Waals surface area contributed by atoms with Crippen LogP contribution in [0.25, 0.3) is 22.0 Å². The topological polar surface area (TPSA) is 52.8 Å². The van der Waals surface area contributed by atoms with Gasteiger partial charge in [-0.05, 0) is 48.8 Å². The van der Waals surface area contributed by atoms with Crippen LogP contribution in [-0.2, 0) is 19.6 Å². The van der Waals surface area contributed by atoms with Gasteiger partial charge in [0, 0.05) is 25.1 Å². The van der Waals surface area contributed by atoms with E-state index >= 15 is 0 Å². The van der Waals surface area contributed by atoms with Gasteiger partial charge in [0.2, 0.25) is 0 Å². The number of rotatable bonds is 6. The van der Waals surface area contributed by atoms with Crippen molar-refractivity contribution in [2.75, 3.05) is 0 Å². The number of benzene rings is 2. The molecule has 4 aromatic rings. The lowest BCUT2D eigenvalue weighted by molar-refractivity contribution is 0.0174. The third-order valence-corrected chi connectivity index (χ3v) is 5.48. The van der Waals surface area contributed by atoms with Crippen LogP contribution < -0.4 is 4.74 Å². The first-order valence-electron chi connectivity index (χ1n) is 9.34. The molecule has 4 rings (SSSR count). The zero-order chi connectivity index (χ0) is 21.3. The summed E-state index contributed by atoms with van der Waals surface area (Å²) in [4.78, 5) is 4.67. The lowest BCUT2D eigenvalue weighted by atomic mass is 10.1. The summed E-state index contributed by atoms with van der Waals surface area (Å²) in [5.41, 5.74) is 3.73. The minimum Gasteiger partial charge on any atom is -0.487 e. The quantitative estimate of drug-likeness (QED) is 0.402. The van der Waals surface area contributed by atoms with Crippen LogP contribution in [-0.4, -0.2) is 19.1 Å². The third kappa shape index (κ3) is 4.23. The summed E-state index contributed by atoms with van der Waals surface area (Å²) >= 11 is 1.30. The fourth-order valence-electron chi connectivity index (χ4n) is 3.04. The van der Waals surface area contributed by atoms with Crippen LogP contribution in [0, 0.1) is 6.92 Å². The summed E-state index contributed by atoms with van der Waals surface area (Å²) in [6, 6.07) is 13.9. The number of ether oxygens (including phenoxy) is 1. The second-order valence-corrected chi connectivity index (χ2v) is 7.87. The average Bonchev–Trinajstić information content (AvgIpc) is 3.33. The van der Waals surface area contributed by atoms with Crippen molar-refractivity contribution in [2.24, 2.45) is 7.05 Å². The summed E-state index contributed by atoms with van der Waals surface area (Å²) < 4.78 is 38.8. The zero-order valence-corrected chi connectivity index (χ0v) is 17.6. The van der Waals surface area contributed by atoms with Crippen molar-refractivity contribution in [3.8, 4) is 27.7 Å². The van der Waals surface area contributed by atoms with E-state index in [9.17, 15) is 8.78 Å². The van der Waals surface area contributed by atoms with E-state index in [1.165, 1.54) is 23.7 Å². The fourth-order valence-corrected chi connectivity index (χ4v) is 3.76. The molecule has 154 valence electrons. The molecule has 0 aliphatic heterocycles. The SMILES string of the molecule is Cc1cccc(-c2nsc(-c3cnn(C)c3COc3ccc(C(C)(F)F)cc3)n2)c1. The van der Waals surface area contributed by atoms with Crippen molar-refractivity contribution < 1.29 is 13.5 Å². The van der Waals surface area contributed by atoms with E-state index in [0.717, 1.165) is 34.3 Å². The molecule has 8 heteroatoms. The molecule has 0 N–H and O–H groups in total. The van der Waals surface area contributed by atoms with Crippen LogP contribution in [0.2, 0.25) is 0 Å². The van der Waals surface area contributed by atoms with Gasteiger partial charge in [0.25, 0.3) is 5.92 Å². The van der Waals surface area contributed by atoms with Gasteiger partial charge in [-0.15, -0.1) is 0 Å². The molecule has 0 unspecified atom stereocenters. The number of hydrogen-bond acceptors (Lipinski definition) is 5. The zero-order valence-electron chi connectivity index (χ0n) is 16.8. The molecule has 2 aromatic heterocycles. The number of aryl methyl sites for hydroxylation is 2. The van der Waals surface area contributed by atoms with Crippen molar-refractivity contribution in [1.29, 1.82) is 0 Å². The second kappa shape index (κ2) is 7.95. The highest BCUT2D eigenvalue weighted by Crippen LogP contribution is 2.31. The average molecular weight is 426 g/mol. The first-order valence-corrected chi connectivity index (χ1v) is 10.1. The molecule has 0 amide bonds. The Labute approximate surface area is 177 Å². The predicted octanol–water partition coefficient (Wildman–Crippen LogP) is 5.60. The van der Waals surface area contributed by atoms with Crippen molar-refractivity contribution in [1.82, 2.24) is 19.1 Å². The van der Waals surface area contributed by atoms with Crippen LogP contribution in [0.5, 0.6) is 5.75 Å². The van der Waals surface area contributed by atoms with E-state index in [-0.39, 0.29) is 12.2 Å². The van der Waals surface area contributed by atoms with Crippen LogP contribution in [0.4, 0.5) is 8.78 Å². The highest BCUT2D eigenvalue weighted by atomic mass is 32.1. The Kier molecular flexibility index (Phi) is 5.34. The number of aromatic nitrogens is 4. The molecule has 0 saturated heterocycles. The molecule has 2 aromatic carbocycles. The van der Waals surface area contributed by atoms with Crippen LogP contribution in [0.15, 0.2) is 54.7 Å². The summed E-state index contributed by atoms with van der Waals surface area (Å²) in [6.45, 7) is 3.13. The van der Waals surface area contributed by atoms with Crippen LogP contribution >= 0.6 is 11.5 Å². The molecular formula is C22H20F2N4OS. The van der Waals surface area contributed by atoms with Gasteiger partial charge in [0.15, 0.2) is 5.82 Å². The number of hydrogen-bond donors (Lipinski definition) is 0. The smallest absolute Gasteiger partial charge is 0.270 e. The molecule has 0 spiro atoms. The lowest BCUT2D eigenvalue weighted by Crippen LogP contribution is -2.07. The molecule has 2 heterocycles. The van der Waals surface area contributed by atoms with E-state index in [0.29, 0.717) is 11.6 Å². The molecule has 0 aliphatic rings. The minimum atomic E-state index is -2.87. The maximum atomic E-state index is 13.4. The molecule has 0 bridgehead atoms. The van der Waals surface area contributed by atoms with Gasteiger partial charge in [0.05, 0.1) is 17.5 Å². The van der Waals surface area contributed by atoms with Gasteiger partial charge in [-0.25, -0.2) is 13.8 Å². The Hall–Kier alpha value is -3.13. The molecule has 30 heavy (non-hydrogen) atoms. The highest BCUT2D eigenvalue weighted by molar-refractivity contribution is 7.09. The van der Waals surface area contributed by atoms with E-state index in [4.69, 9.17) is 4.74 Å². The van der Waals surface area contributed by atoms with Crippen molar-refractivity contribution in [3.05, 3.63) is 71.5 Å². The molecule has 0 atom stereocenters. The first kappa shape index (κ1) is 20.2. The summed E-state index contributed by atoms with van der Waals surface area (Å²) in [7, 11) is 1.82. The van der Waals surface area contributed by atoms with Gasteiger partial charge in [-0.1, -0.05) is 23.8 Å². The number of alkyl halides is 2. The van der Waals surface area contributed by atoms with Gasteiger partial charge in [0.1, 0.15) is 17.4 Å². The van der Waals surface area contributed by atoms with Crippen LogP contribution in [0.1, 0.15) is 23.7 Å². The largest absolute Gasteiger partial charge is 0.487 e. The maximum absolute atomic E-state index is 13.4. The molecular weight excluding hydrogens is 406 g/mol. The van der Waals surface area contributed by atoms with Gasteiger partial charge >= 0.3 is 0 Å². The number of halogens is 2. The van der Waals surface area contributed by atoms with E-state index in [2.05, 4.69) is 14.5 Å². The Bertz CT molecular complexity index is 1160. The maximum Gasteiger partial charge on any atom is 0.270 e. The molecule has 5 nitrogen and oxygen atoms in total. The normalized spacial score (nSPS) is 11.6. The summed E-state index contributed by atoms with van der Waals surface area (Å²) in [5, 5.41) is 5.07. The highest BCUT2D eigenvalue weighted by Gasteiger charge is 2.24. The first-order chi connectivity index (χ1) is 14.3. The minimum absolute atomic E-state index is 0.0476. The molecule has 0 fully saturated rings. The molecule has 0 aliphatic carbocycles. The standard InChI is InChI=1S/C22H20F2N4OS/c1-14-5-4-6-15(11-14)20-26-21(30-27-20)18-12-25-28(3)19(18)13-29-17-9-7-16(8-10-17)22(2,23)24/h4-12H,13H2,1-3H3. The Morgan fingerprint density at radius 3 is 2.60 bits per heavy atom. The third-order valence-electron chi connectivity index (χ3n) is 4.73. The number of nitrogens with zero attached hydrogens (tertiary/aromatic N) is 4. The van der Waals surface area contributed by atoms with Gasteiger partial charge in [-0.3, -0.25) is 4.68 Å². The molecule has 0 radical (unpaired) electrons. The fraction of sp³-hybridized carbons (Fsp3) is 0.227. The van der Waals surface area contributed by atoms with Gasteiger partial charge < -0.3 is 4.74 Å². The second-order valence-electron chi connectivity index (χ2n) is 7.12. The van der Waals surface area contributed by atoms with Crippen molar-refractivity contribution in [2.45, 2.75) is 26.4 Å². The van der Waals surface area contributed by atoms with Crippen molar-refractivity contribution >= 4 is 11.5 Å². The Morgan fingerprint density at radius 1 is 1.13 bits per heavy atom. The van der Waals surface area contributed by atoms with E-state index < -0.39 is 5.92 Å². The Balaban J connectivity index is 1.54. The summed E-state index contributed by atoms with van der Waals surface area (Å²) in [5.74, 6) is -1.70. The predicted molar refractivity (Wildman–Crippen MR) is 113 cm³/mol. The van der Waals surface area contributed by atoms with E-state index in [1.807, 2.05) is 38.2 Å². The lowest BCUT2D eigenvalue weighted by Gasteiger charge is -2.12. The molecule has 0 saturated carbocycles.